The van der Waals surface area contributed by atoms with Crippen LogP contribution < -0.4 is 0 Å². The van der Waals surface area contributed by atoms with Crippen LogP contribution in [0, 0.1) is 0 Å². The fourth-order valence-electron chi connectivity index (χ4n) is 0.231. The molecule has 0 fully saturated rings. The van der Waals surface area contributed by atoms with Crippen molar-refractivity contribution < 1.29 is 24.1 Å². The van der Waals surface area contributed by atoms with E-state index in [1.54, 1.807) is 0 Å². The average Bonchev–Trinajstić information content (AvgIpc) is 1.63. The van der Waals surface area contributed by atoms with Gasteiger partial charge < -0.3 is 10.2 Å². The van der Waals surface area contributed by atoms with Crippen molar-refractivity contribution >= 4 is 13.6 Å². The van der Waals surface area contributed by atoms with Gasteiger partial charge in [-0.15, -0.1) is 0 Å². The molecule has 1 atom stereocenters. The normalized spacial score (nSPS) is 12.6. The predicted octanol–water partition coefficient (Wildman–Crippen LogP) is -0.0476. The molecule has 1 unspecified atom stereocenters. The topological polar surface area (TPSA) is 91.7 Å². The zero-order valence-corrected chi connectivity index (χ0v) is 5.25. The minimum atomic E-state index is -3.02. The predicted molar refractivity (Wildman–Crippen MR) is 26.6 cm³/mol. The number of carboxylic acid groups (broad SMARTS) is 1. The lowest BCUT2D eigenvalue weighted by Crippen LogP contribution is -2.06. The first kappa shape index (κ1) is 8.33. The summed E-state index contributed by atoms with van der Waals surface area (Å²) in [5.74, 6) is -3.08. The van der Waals surface area contributed by atoms with Gasteiger partial charge in [-0.3, -0.25) is 4.79 Å². The molecule has 0 heterocycles. The molecule has 9 heavy (non-hydrogen) atoms. The largest absolute Gasteiger partial charge is 0.481 e. The lowest BCUT2D eigenvalue weighted by Gasteiger charge is -1.92. The molecule has 2 N–H and O–H groups in total. The minimum absolute atomic E-state index is 0.751. The lowest BCUT2D eigenvalue weighted by atomic mass is 10.5. The summed E-state index contributed by atoms with van der Waals surface area (Å²) in [4.78, 5) is 9.69. The van der Waals surface area contributed by atoms with E-state index in [1.165, 1.54) is 0 Å². The van der Waals surface area contributed by atoms with E-state index in [0.29, 0.717) is 0 Å². The van der Waals surface area contributed by atoms with Crippen LogP contribution in [-0.2, 0) is 13.9 Å². The number of aliphatic carboxylic acids is 1. The van der Waals surface area contributed by atoms with Crippen molar-refractivity contribution in [1.29, 1.82) is 0 Å². The Balaban J connectivity index is 3.78. The number of hydrogen-bond donors (Lipinski definition) is 2. The van der Waals surface area contributed by atoms with Crippen LogP contribution in [-0.4, -0.2) is 22.0 Å². The highest BCUT2D eigenvalue weighted by molar-refractivity contribution is 7.31. The standard InChI is InChI=1S/C3H5O5P/c4-2(5)1-3(6)9(7)8/h3,6H,1H2,(H,4,5). The Morgan fingerprint density at radius 2 is 2.00 bits per heavy atom. The van der Waals surface area contributed by atoms with E-state index in [0.717, 1.165) is 0 Å². The molecule has 5 nitrogen and oxygen atoms in total. The van der Waals surface area contributed by atoms with Gasteiger partial charge in [0, 0.05) is 0 Å². The first-order valence-corrected chi connectivity index (χ1v) is 3.32. The van der Waals surface area contributed by atoms with Crippen molar-refractivity contribution in [3.8, 4) is 0 Å². The first-order valence-electron chi connectivity index (χ1n) is 2.07. The SMILES string of the molecule is O=C(O)CC(O)P(=O)=O. The van der Waals surface area contributed by atoms with Gasteiger partial charge in [-0.25, -0.2) is 9.13 Å². The molecule has 0 aliphatic heterocycles. The highest BCUT2D eigenvalue weighted by Crippen LogP contribution is 2.13. The fourth-order valence-corrected chi connectivity index (χ4v) is 0.536. The number of rotatable bonds is 3. The molecule has 0 aromatic rings. The van der Waals surface area contributed by atoms with Crippen LogP contribution in [0.5, 0.6) is 0 Å². The van der Waals surface area contributed by atoms with E-state index >= 15 is 0 Å². The average molecular weight is 152 g/mol. The van der Waals surface area contributed by atoms with Crippen molar-refractivity contribution in [1.82, 2.24) is 0 Å². The van der Waals surface area contributed by atoms with Gasteiger partial charge in [-0.1, -0.05) is 0 Å². The molecule has 0 amide bonds. The number of carboxylic acids is 1. The molecule has 0 saturated heterocycles. The third kappa shape index (κ3) is 3.88. The Morgan fingerprint density at radius 1 is 1.56 bits per heavy atom. The Hall–Kier alpha value is -0.670. The van der Waals surface area contributed by atoms with Gasteiger partial charge in [0.15, 0.2) is 5.85 Å². The molecule has 0 aromatic carbocycles. The molecule has 0 rings (SSSR count). The highest BCUT2D eigenvalue weighted by atomic mass is 31.1. The van der Waals surface area contributed by atoms with Crippen molar-refractivity contribution in [2.75, 3.05) is 0 Å². The Kier molecular flexibility index (Phi) is 3.12. The molecular weight excluding hydrogens is 147 g/mol. The van der Waals surface area contributed by atoms with Gasteiger partial charge in [-0.2, -0.15) is 0 Å². The molecule has 0 aliphatic rings. The fraction of sp³-hybridized carbons (Fsp3) is 0.667. The van der Waals surface area contributed by atoms with Crippen LogP contribution in [0.4, 0.5) is 0 Å². The van der Waals surface area contributed by atoms with Gasteiger partial charge in [0.2, 0.25) is 0 Å². The Bertz CT molecular complexity index is 163. The summed E-state index contributed by atoms with van der Waals surface area (Å²) in [6.07, 6.45) is -0.751. The molecule has 0 saturated carbocycles. The van der Waals surface area contributed by atoms with Crippen LogP contribution in [0.25, 0.3) is 0 Å². The molecule has 6 heteroatoms. The second-order valence-electron chi connectivity index (χ2n) is 1.36. The third-order valence-corrected chi connectivity index (χ3v) is 1.27. The maximum absolute atomic E-state index is 9.76. The monoisotopic (exact) mass is 152 g/mol. The molecule has 0 aliphatic carbocycles. The lowest BCUT2D eigenvalue weighted by molar-refractivity contribution is -0.138. The van der Waals surface area contributed by atoms with Gasteiger partial charge in [0.25, 0.3) is 0 Å². The summed E-state index contributed by atoms with van der Waals surface area (Å²) in [5.41, 5.74) is 0. The zero-order valence-electron chi connectivity index (χ0n) is 4.35. The molecule has 0 radical (unpaired) electrons. The van der Waals surface area contributed by atoms with Gasteiger partial charge >= 0.3 is 13.6 Å². The first-order chi connectivity index (χ1) is 4.04. The van der Waals surface area contributed by atoms with Crippen molar-refractivity contribution in [2.24, 2.45) is 0 Å². The number of hydrogen-bond acceptors (Lipinski definition) is 4. The molecule has 52 valence electrons. The van der Waals surface area contributed by atoms with Gasteiger partial charge in [0.05, 0.1) is 6.42 Å². The number of carbonyl (C=O) groups is 1. The second kappa shape index (κ2) is 3.37. The van der Waals surface area contributed by atoms with E-state index in [-0.39, 0.29) is 0 Å². The van der Waals surface area contributed by atoms with Crippen LogP contribution >= 0.6 is 7.68 Å². The van der Waals surface area contributed by atoms with E-state index in [4.69, 9.17) is 10.2 Å². The van der Waals surface area contributed by atoms with Gasteiger partial charge in [-0.05, 0) is 0 Å². The maximum atomic E-state index is 9.76. The van der Waals surface area contributed by atoms with Crippen LogP contribution in [0.2, 0.25) is 0 Å². The molecule has 0 spiro atoms. The quantitative estimate of drug-likeness (QED) is 0.553. The van der Waals surface area contributed by atoms with Crippen molar-refractivity contribution in [3.63, 3.8) is 0 Å². The van der Waals surface area contributed by atoms with Crippen molar-refractivity contribution in [2.45, 2.75) is 12.3 Å². The summed E-state index contributed by atoms with van der Waals surface area (Å²) in [5, 5.41) is 16.2. The van der Waals surface area contributed by atoms with E-state index in [9.17, 15) is 13.9 Å². The summed E-state index contributed by atoms with van der Waals surface area (Å²) < 4.78 is 19.5. The second-order valence-corrected chi connectivity index (χ2v) is 2.53. The molecule has 0 aromatic heterocycles. The zero-order chi connectivity index (χ0) is 7.44. The van der Waals surface area contributed by atoms with E-state index < -0.39 is 25.9 Å². The van der Waals surface area contributed by atoms with Crippen LogP contribution in [0.15, 0.2) is 0 Å². The molecule has 0 bridgehead atoms. The smallest absolute Gasteiger partial charge is 0.345 e. The number of aliphatic hydroxyl groups excluding tert-OH is 1. The highest BCUT2D eigenvalue weighted by Gasteiger charge is 2.13. The summed E-state index contributed by atoms with van der Waals surface area (Å²) in [6.45, 7) is 0. The van der Waals surface area contributed by atoms with Crippen molar-refractivity contribution in [3.05, 3.63) is 0 Å². The Labute approximate surface area is 51.1 Å². The summed E-state index contributed by atoms with van der Waals surface area (Å²) >= 11 is 0. The number of aliphatic hydroxyl groups is 1. The maximum Gasteiger partial charge on any atom is 0.345 e. The Morgan fingerprint density at radius 3 is 2.11 bits per heavy atom. The van der Waals surface area contributed by atoms with Crippen LogP contribution in [0.3, 0.4) is 0 Å². The van der Waals surface area contributed by atoms with Crippen LogP contribution in [0.1, 0.15) is 6.42 Å². The van der Waals surface area contributed by atoms with E-state index in [1.807, 2.05) is 0 Å². The minimum Gasteiger partial charge on any atom is -0.481 e. The summed E-state index contributed by atoms with van der Waals surface area (Å²) in [6, 6.07) is 0. The third-order valence-electron chi connectivity index (χ3n) is 0.601. The van der Waals surface area contributed by atoms with Gasteiger partial charge in [0.1, 0.15) is 0 Å². The summed E-state index contributed by atoms with van der Waals surface area (Å²) in [7, 11) is -3.02. The van der Waals surface area contributed by atoms with E-state index in [2.05, 4.69) is 0 Å². The molecular formula is C3H5O5P.